The average Bonchev–Trinajstić information content (AvgIpc) is 2.39. The normalized spacial score (nSPS) is 11.2. The first-order valence-corrected chi connectivity index (χ1v) is 5.54. The second-order valence-electron chi connectivity index (χ2n) is 3.64. The van der Waals surface area contributed by atoms with Gasteiger partial charge in [-0.3, -0.25) is 10.1 Å². The molecule has 0 spiro atoms. The summed E-state index contributed by atoms with van der Waals surface area (Å²) in [6, 6.07) is 7.51. The van der Waals surface area contributed by atoms with Crippen molar-refractivity contribution in [1.29, 1.82) is 5.26 Å². The number of hydrogen-bond donors (Lipinski definition) is 0. The van der Waals surface area contributed by atoms with Crippen LogP contribution in [-0.2, 0) is 9.53 Å². The van der Waals surface area contributed by atoms with Crippen LogP contribution >= 0.6 is 0 Å². The van der Waals surface area contributed by atoms with Crippen LogP contribution in [-0.4, -0.2) is 17.5 Å². The molecule has 1 aromatic carbocycles. The van der Waals surface area contributed by atoms with Crippen LogP contribution < -0.4 is 0 Å². The summed E-state index contributed by atoms with van der Waals surface area (Å²) in [6.45, 7) is 3.34. The lowest BCUT2D eigenvalue weighted by atomic mass is 10.0. The van der Waals surface area contributed by atoms with Crippen LogP contribution in [0.25, 0.3) is 5.57 Å². The number of ether oxygens (including phenoxy) is 1. The van der Waals surface area contributed by atoms with E-state index in [-0.39, 0.29) is 17.9 Å². The minimum atomic E-state index is -0.728. The van der Waals surface area contributed by atoms with E-state index in [2.05, 4.69) is 0 Å². The number of carbonyl (C=O) groups excluding carboxylic acids is 1. The largest absolute Gasteiger partial charge is 0.462 e. The van der Waals surface area contributed by atoms with Gasteiger partial charge in [0.25, 0.3) is 5.69 Å². The van der Waals surface area contributed by atoms with Crippen molar-refractivity contribution >= 4 is 17.2 Å². The topological polar surface area (TPSA) is 93.2 Å². The highest BCUT2D eigenvalue weighted by Crippen LogP contribution is 2.23. The molecule has 0 radical (unpaired) electrons. The van der Waals surface area contributed by atoms with Gasteiger partial charge < -0.3 is 4.74 Å². The van der Waals surface area contributed by atoms with Crippen molar-refractivity contribution in [3.05, 3.63) is 45.5 Å². The lowest BCUT2D eigenvalue weighted by Crippen LogP contribution is -2.08. The Balaban J connectivity index is 3.26. The van der Waals surface area contributed by atoms with Gasteiger partial charge in [0.1, 0.15) is 11.6 Å². The van der Waals surface area contributed by atoms with Gasteiger partial charge in [0, 0.05) is 12.1 Å². The molecule has 1 aromatic rings. The first kappa shape index (κ1) is 14.4. The quantitative estimate of drug-likeness (QED) is 0.272. The molecule has 0 amide bonds. The highest BCUT2D eigenvalue weighted by molar-refractivity contribution is 6.01. The number of non-ortho nitro benzene ring substituents is 1. The molecule has 0 aromatic heterocycles. The third-order valence-corrected chi connectivity index (χ3v) is 2.46. The van der Waals surface area contributed by atoms with Crippen molar-refractivity contribution in [3.8, 4) is 6.07 Å². The van der Waals surface area contributed by atoms with Crippen molar-refractivity contribution in [3.63, 3.8) is 0 Å². The maximum absolute atomic E-state index is 11.6. The van der Waals surface area contributed by atoms with Gasteiger partial charge >= 0.3 is 5.97 Å². The number of nitro groups is 1. The summed E-state index contributed by atoms with van der Waals surface area (Å²) in [4.78, 5) is 21.7. The van der Waals surface area contributed by atoms with Crippen molar-refractivity contribution in [2.24, 2.45) is 0 Å². The van der Waals surface area contributed by atoms with Crippen LogP contribution in [0.3, 0.4) is 0 Å². The SMILES string of the molecule is CCOC(=O)/C(C#N)=C(\C)c1cccc([N+](=O)[O-])c1. The Hall–Kier alpha value is -2.68. The second-order valence-corrected chi connectivity index (χ2v) is 3.64. The predicted octanol–water partition coefficient (Wildman–Crippen LogP) is 2.45. The molecule has 6 nitrogen and oxygen atoms in total. The molecule has 0 N–H and O–H groups in total. The fraction of sp³-hybridized carbons (Fsp3) is 0.231. The van der Waals surface area contributed by atoms with E-state index in [9.17, 15) is 14.9 Å². The molecule has 0 aliphatic carbocycles. The number of allylic oxidation sites excluding steroid dienone is 1. The van der Waals surface area contributed by atoms with Gasteiger partial charge in [-0.1, -0.05) is 12.1 Å². The van der Waals surface area contributed by atoms with Crippen LogP contribution in [0.1, 0.15) is 19.4 Å². The molecule has 0 saturated heterocycles. The smallest absolute Gasteiger partial charge is 0.349 e. The van der Waals surface area contributed by atoms with Gasteiger partial charge in [-0.05, 0) is 25.0 Å². The van der Waals surface area contributed by atoms with E-state index >= 15 is 0 Å². The number of nitriles is 1. The molecule has 0 aliphatic rings. The van der Waals surface area contributed by atoms with Crippen LogP contribution in [0.2, 0.25) is 0 Å². The molecule has 0 saturated carbocycles. The summed E-state index contributed by atoms with van der Waals surface area (Å²) in [5, 5.41) is 19.7. The highest BCUT2D eigenvalue weighted by Gasteiger charge is 2.16. The number of esters is 1. The standard InChI is InChI=1S/C13H12N2O4/c1-3-19-13(16)12(8-14)9(2)10-5-4-6-11(7-10)15(17)18/h4-7H,3H2,1-2H3/b12-9+. The van der Waals surface area contributed by atoms with Crippen LogP contribution in [0.5, 0.6) is 0 Å². The average molecular weight is 260 g/mol. The molecular formula is C13H12N2O4. The van der Waals surface area contributed by atoms with Gasteiger partial charge in [0.2, 0.25) is 0 Å². The van der Waals surface area contributed by atoms with E-state index < -0.39 is 10.9 Å². The Morgan fingerprint density at radius 1 is 1.53 bits per heavy atom. The van der Waals surface area contributed by atoms with E-state index in [4.69, 9.17) is 10.00 Å². The van der Waals surface area contributed by atoms with E-state index in [0.29, 0.717) is 11.1 Å². The molecule has 6 heteroatoms. The molecule has 1 rings (SSSR count). The molecule has 0 unspecified atom stereocenters. The Bertz CT molecular complexity index is 585. The Morgan fingerprint density at radius 3 is 2.74 bits per heavy atom. The maximum Gasteiger partial charge on any atom is 0.349 e. The summed E-state index contributed by atoms with van der Waals surface area (Å²) >= 11 is 0. The Morgan fingerprint density at radius 2 is 2.21 bits per heavy atom. The van der Waals surface area contributed by atoms with Gasteiger partial charge in [0.15, 0.2) is 0 Å². The summed E-state index contributed by atoms with van der Waals surface area (Å²) < 4.78 is 4.76. The zero-order valence-electron chi connectivity index (χ0n) is 10.5. The highest BCUT2D eigenvalue weighted by atomic mass is 16.6. The molecule has 0 atom stereocenters. The number of nitrogens with zero attached hydrogens (tertiary/aromatic N) is 2. The number of benzene rings is 1. The predicted molar refractivity (Wildman–Crippen MR) is 67.9 cm³/mol. The van der Waals surface area contributed by atoms with E-state index in [1.165, 1.54) is 18.2 Å². The second kappa shape index (κ2) is 6.31. The zero-order valence-corrected chi connectivity index (χ0v) is 10.5. The number of carbonyl (C=O) groups is 1. The molecule has 0 bridgehead atoms. The summed E-state index contributed by atoms with van der Waals surface area (Å²) in [5.41, 5.74) is 0.545. The lowest BCUT2D eigenvalue weighted by Gasteiger charge is -2.05. The summed E-state index contributed by atoms with van der Waals surface area (Å²) in [5.74, 6) is -0.728. The Labute approximate surface area is 110 Å². The van der Waals surface area contributed by atoms with E-state index in [0.717, 1.165) is 0 Å². The van der Waals surface area contributed by atoms with Crippen LogP contribution in [0, 0.1) is 21.4 Å². The van der Waals surface area contributed by atoms with E-state index in [1.807, 2.05) is 0 Å². The van der Waals surface area contributed by atoms with Crippen LogP contribution in [0.4, 0.5) is 5.69 Å². The van der Waals surface area contributed by atoms with E-state index in [1.54, 1.807) is 26.0 Å². The first-order valence-electron chi connectivity index (χ1n) is 5.54. The molecule has 98 valence electrons. The third-order valence-electron chi connectivity index (χ3n) is 2.46. The molecular weight excluding hydrogens is 248 g/mol. The Kier molecular flexibility index (Phi) is 4.77. The molecule has 0 aliphatic heterocycles. The lowest BCUT2D eigenvalue weighted by molar-refractivity contribution is -0.384. The van der Waals surface area contributed by atoms with Gasteiger partial charge in [-0.2, -0.15) is 5.26 Å². The van der Waals surface area contributed by atoms with Gasteiger partial charge in [0.05, 0.1) is 11.5 Å². The zero-order chi connectivity index (χ0) is 14.4. The molecule has 0 heterocycles. The fourth-order valence-electron chi connectivity index (χ4n) is 1.48. The number of nitro benzene ring substituents is 1. The molecule has 19 heavy (non-hydrogen) atoms. The third kappa shape index (κ3) is 3.39. The first-order chi connectivity index (χ1) is 9.01. The van der Waals surface area contributed by atoms with Crippen molar-refractivity contribution in [1.82, 2.24) is 0 Å². The van der Waals surface area contributed by atoms with Gasteiger partial charge in [-0.25, -0.2) is 4.79 Å². The monoisotopic (exact) mass is 260 g/mol. The van der Waals surface area contributed by atoms with Gasteiger partial charge in [-0.15, -0.1) is 0 Å². The minimum absolute atomic E-state index is 0.0991. The minimum Gasteiger partial charge on any atom is -0.462 e. The number of hydrogen-bond acceptors (Lipinski definition) is 5. The maximum atomic E-state index is 11.6. The summed E-state index contributed by atoms with van der Waals surface area (Å²) in [7, 11) is 0. The van der Waals surface area contributed by atoms with Crippen molar-refractivity contribution in [2.45, 2.75) is 13.8 Å². The summed E-state index contributed by atoms with van der Waals surface area (Å²) in [6.07, 6.45) is 0. The fourth-order valence-corrected chi connectivity index (χ4v) is 1.48. The molecule has 0 fully saturated rings. The number of rotatable bonds is 4. The van der Waals surface area contributed by atoms with Crippen molar-refractivity contribution in [2.75, 3.05) is 6.61 Å². The van der Waals surface area contributed by atoms with Crippen LogP contribution in [0.15, 0.2) is 29.8 Å². The van der Waals surface area contributed by atoms with Crippen molar-refractivity contribution < 1.29 is 14.5 Å².